The van der Waals surface area contributed by atoms with Crippen molar-refractivity contribution in [2.75, 3.05) is 12.0 Å². The van der Waals surface area contributed by atoms with Crippen LogP contribution in [0.1, 0.15) is 5.56 Å². The summed E-state index contributed by atoms with van der Waals surface area (Å²) < 4.78 is 5.43. The molecule has 8 heteroatoms. The van der Waals surface area contributed by atoms with Crippen molar-refractivity contribution in [3.8, 4) is 5.75 Å². The minimum absolute atomic E-state index is 0.0270. The van der Waals surface area contributed by atoms with Gasteiger partial charge in [-0.05, 0) is 35.0 Å². The summed E-state index contributed by atoms with van der Waals surface area (Å²) in [6.45, 7) is 0. The number of nitrogens with one attached hydrogen (secondary N) is 1. The SMILES string of the molecule is COc1ccc2ccccc2c1/C=C1/C(=O)NC(=O)N(c2cccc(Cl)c2Cl)C1=O. The van der Waals surface area contributed by atoms with Crippen LogP contribution in [-0.4, -0.2) is 25.0 Å². The zero-order valence-electron chi connectivity index (χ0n) is 15.6. The van der Waals surface area contributed by atoms with Crippen LogP contribution in [0.25, 0.3) is 16.8 Å². The summed E-state index contributed by atoms with van der Waals surface area (Å²) >= 11 is 12.2. The molecule has 1 heterocycles. The first kappa shape index (κ1) is 19.9. The number of methoxy groups -OCH3 is 1. The Labute approximate surface area is 181 Å². The van der Waals surface area contributed by atoms with Gasteiger partial charge in [-0.3, -0.25) is 14.9 Å². The van der Waals surface area contributed by atoms with E-state index in [1.54, 1.807) is 12.1 Å². The Kier molecular flexibility index (Phi) is 5.20. The van der Waals surface area contributed by atoms with E-state index in [1.165, 1.54) is 25.3 Å². The minimum Gasteiger partial charge on any atom is -0.496 e. The minimum atomic E-state index is -0.906. The highest BCUT2D eigenvalue weighted by Gasteiger charge is 2.38. The number of halogens is 2. The van der Waals surface area contributed by atoms with Crippen LogP contribution in [0.5, 0.6) is 5.75 Å². The first-order chi connectivity index (χ1) is 14.4. The maximum atomic E-state index is 13.2. The summed E-state index contributed by atoms with van der Waals surface area (Å²) in [6.07, 6.45) is 1.41. The van der Waals surface area contributed by atoms with Gasteiger partial charge in [0.2, 0.25) is 0 Å². The number of anilines is 1. The molecule has 4 rings (SSSR count). The molecule has 1 saturated heterocycles. The van der Waals surface area contributed by atoms with Gasteiger partial charge in [-0.2, -0.15) is 0 Å². The Balaban J connectivity index is 1.89. The second-order valence-corrected chi connectivity index (χ2v) is 7.22. The van der Waals surface area contributed by atoms with Crippen LogP contribution < -0.4 is 15.0 Å². The molecule has 0 aliphatic carbocycles. The number of barbiturate groups is 1. The van der Waals surface area contributed by atoms with Gasteiger partial charge in [0.05, 0.1) is 22.8 Å². The van der Waals surface area contributed by atoms with Crippen molar-refractivity contribution < 1.29 is 19.1 Å². The van der Waals surface area contributed by atoms with Crippen molar-refractivity contribution in [3.63, 3.8) is 0 Å². The standard InChI is InChI=1S/C22H14Cl2N2O4/c1-30-18-10-9-12-5-2-3-6-13(12)14(18)11-15-20(27)25-22(29)26(21(15)28)17-8-4-7-16(23)19(17)24/h2-11H,1H3,(H,25,27,29)/b15-11-. The molecule has 1 aliphatic rings. The lowest BCUT2D eigenvalue weighted by atomic mass is 9.99. The van der Waals surface area contributed by atoms with Crippen LogP contribution in [0.15, 0.2) is 60.2 Å². The molecule has 0 atom stereocenters. The van der Waals surface area contributed by atoms with Gasteiger partial charge >= 0.3 is 6.03 Å². The number of benzene rings is 3. The molecule has 150 valence electrons. The Bertz CT molecular complexity index is 1250. The summed E-state index contributed by atoms with van der Waals surface area (Å²) in [4.78, 5) is 38.9. The fraction of sp³-hybridized carbons (Fsp3) is 0.0455. The molecular weight excluding hydrogens is 427 g/mol. The van der Waals surface area contributed by atoms with Gasteiger partial charge in [-0.15, -0.1) is 0 Å². The Morgan fingerprint density at radius 2 is 1.73 bits per heavy atom. The van der Waals surface area contributed by atoms with E-state index in [9.17, 15) is 14.4 Å². The van der Waals surface area contributed by atoms with Gasteiger partial charge in [0.1, 0.15) is 11.3 Å². The highest BCUT2D eigenvalue weighted by molar-refractivity contribution is 6.46. The van der Waals surface area contributed by atoms with Gasteiger partial charge in [-0.1, -0.05) is 59.6 Å². The third-order valence-corrected chi connectivity index (χ3v) is 5.52. The van der Waals surface area contributed by atoms with Crippen LogP contribution in [0.4, 0.5) is 10.5 Å². The molecule has 4 amide bonds. The van der Waals surface area contributed by atoms with Crippen molar-refractivity contribution in [3.05, 3.63) is 75.8 Å². The number of imide groups is 2. The lowest BCUT2D eigenvalue weighted by Gasteiger charge is -2.27. The zero-order chi connectivity index (χ0) is 21.4. The first-order valence-electron chi connectivity index (χ1n) is 8.83. The molecular formula is C22H14Cl2N2O4. The molecule has 0 spiro atoms. The van der Waals surface area contributed by atoms with Gasteiger partial charge in [0.25, 0.3) is 11.8 Å². The van der Waals surface area contributed by atoms with Crippen LogP contribution in [0.3, 0.4) is 0 Å². The fourth-order valence-corrected chi connectivity index (χ4v) is 3.67. The lowest BCUT2D eigenvalue weighted by Crippen LogP contribution is -2.54. The third-order valence-electron chi connectivity index (χ3n) is 4.71. The van der Waals surface area contributed by atoms with Gasteiger partial charge in [-0.25, -0.2) is 9.69 Å². The summed E-state index contributed by atoms with van der Waals surface area (Å²) in [7, 11) is 1.50. The number of carbonyl (C=O) groups excluding carboxylic acids is 3. The first-order valence-corrected chi connectivity index (χ1v) is 9.59. The highest BCUT2D eigenvalue weighted by atomic mass is 35.5. The Morgan fingerprint density at radius 3 is 2.50 bits per heavy atom. The molecule has 0 saturated carbocycles. The van der Waals surface area contributed by atoms with E-state index in [2.05, 4.69) is 5.32 Å². The molecule has 1 N–H and O–H groups in total. The largest absolute Gasteiger partial charge is 0.496 e. The Morgan fingerprint density at radius 1 is 0.967 bits per heavy atom. The van der Waals surface area contributed by atoms with E-state index < -0.39 is 17.8 Å². The van der Waals surface area contributed by atoms with Crippen molar-refractivity contribution in [2.45, 2.75) is 0 Å². The Hall–Kier alpha value is -3.35. The summed E-state index contributed by atoms with van der Waals surface area (Å²) in [5.41, 5.74) is 0.385. The van der Waals surface area contributed by atoms with E-state index in [-0.39, 0.29) is 21.3 Å². The third kappa shape index (κ3) is 3.30. The average molecular weight is 441 g/mol. The number of carbonyl (C=O) groups is 3. The number of nitrogens with zero attached hydrogens (tertiary/aromatic N) is 1. The van der Waals surface area contributed by atoms with E-state index in [0.717, 1.165) is 15.7 Å². The smallest absolute Gasteiger partial charge is 0.336 e. The molecule has 3 aromatic carbocycles. The molecule has 30 heavy (non-hydrogen) atoms. The predicted octanol–water partition coefficient (Wildman–Crippen LogP) is 4.82. The summed E-state index contributed by atoms with van der Waals surface area (Å²) in [5.74, 6) is -1.15. The fourth-order valence-electron chi connectivity index (χ4n) is 3.29. The van der Waals surface area contributed by atoms with Crippen molar-refractivity contribution in [1.29, 1.82) is 0 Å². The van der Waals surface area contributed by atoms with Crippen LogP contribution in [0.2, 0.25) is 10.0 Å². The topological polar surface area (TPSA) is 75.7 Å². The van der Waals surface area contributed by atoms with Crippen molar-refractivity contribution in [1.82, 2.24) is 5.32 Å². The number of fused-ring (bicyclic) bond motifs is 1. The number of hydrogen-bond acceptors (Lipinski definition) is 4. The van der Waals surface area contributed by atoms with Gasteiger partial charge in [0.15, 0.2) is 0 Å². The monoisotopic (exact) mass is 440 g/mol. The van der Waals surface area contributed by atoms with Crippen LogP contribution in [-0.2, 0) is 9.59 Å². The number of urea groups is 1. The summed E-state index contributed by atoms with van der Waals surface area (Å²) in [5, 5.41) is 4.07. The quantitative estimate of drug-likeness (QED) is 0.467. The van der Waals surface area contributed by atoms with E-state index in [0.29, 0.717) is 11.3 Å². The maximum absolute atomic E-state index is 13.2. The number of ether oxygens (including phenoxy) is 1. The van der Waals surface area contributed by atoms with Gasteiger partial charge < -0.3 is 4.74 Å². The lowest BCUT2D eigenvalue weighted by molar-refractivity contribution is -0.122. The molecule has 3 aromatic rings. The van der Waals surface area contributed by atoms with E-state index >= 15 is 0 Å². The van der Waals surface area contributed by atoms with Crippen LogP contribution >= 0.6 is 23.2 Å². The molecule has 1 aliphatic heterocycles. The molecule has 0 aromatic heterocycles. The number of hydrogen-bond donors (Lipinski definition) is 1. The highest BCUT2D eigenvalue weighted by Crippen LogP contribution is 2.35. The average Bonchev–Trinajstić information content (AvgIpc) is 2.73. The number of rotatable bonds is 3. The summed E-state index contributed by atoms with van der Waals surface area (Å²) in [6, 6.07) is 14.7. The number of amides is 4. The van der Waals surface area contributed by atoms with Gasteiger partial charge in [0, 0.05) is 5.56 Å². The van der Waals surface area contributed by atoms with Crippen molar-refractivity contribution in [2.24, 2.45) is 0 Å². The van der Waals surface area contributed by atoms with Crippen molar-refractivity contribution >= 4 is 63.6 Å². The van der Waals surface area contributed by atoms with Crippen LogP contribution in [0, 0.1) is 0 Å². The second-order valence-electron chi connectivity index (χ2n) is 6.43. The maximum Gasteiger partial charge on any atom is 0.336 e. The molecule has 0 bridgehead atoms. The zero-order valence-corrected chi connectivity index (χ0v) is 17.1. The normalized spacial score (nSPS) is 15.6. The predicted molar refractivity (Wildman–Crippen MR) is 116 cm³/mol. The van der Waals surface area contributed by atoms with E-state index in [1.807, 2.05) is 30.3 Å². The molecule has 1 fully saturated rings. The molecule has 6 nitrogen and oxygen atoms in total. The van der Waals surface area contributed by atoms with E-state index in [4.69, 9.17) is 27.9 Å². The molecule has 0 radical (unpaired) electrons. The second kappa shape index (κ2) is 7.82. The molecule has 0 unspecified atom stereocenters.